The van der Waals surface area contributed by atoms with Crippen molar-refractivity contribution in [3.8, 4) is 34.2 Å². The number of nitrogen functional groups attached to an aromatic ring is 1. The van der Waals surface area contributed by atoms with Gasteiger partial charge in [0.15, 0.2) is 5.82 Å². The lowest BCUT2D eigenvalue weighted by Gasteiger charge is -2.07. The van der Waals surface area contributed by atoms with Crippen LogP contribution in [-0.2, 0) is 6.54 Å². The second-order valence-corrected chi connectivity index (χ2v) is 6.76. The molecule has 4 heterocycles. The summed E-state index contributed by atoms with van der Waals surface area (Å²) in [5.41, 5.74) is 9.66. The first-order valence-electron chi connectivity index (χ1n) is 9.45. The first-order chi connectivity index (χ1) is 15.2. The van der Waals surface area contributed by atoms with Crippen molar-refractivity contribution in [3.05, 3.63) is 84.6 Å². The van der Waals surface area contributed by atoms with Gasteiger partial charge in [-0.05, 0) is 24.3 Å². The molecule has 0 aliphatic rings. The summed E-state index contributed by atoms with van der Waals surface area (Å²) in [5, 5.41) is 8.57. The molecule has 0 unspecified atom stereocenters. The molecule has 0 amide bonds. The van der Waals surface area contributed by atoms with Gasteiger partial charge >= 0.3 is 0 Å². The molecule has 152 valence electrons. The minimum atomic E-state index is -0.314. The highest BCUT2D eigenvalue weighted by Crippen LogP contribution is 2.27. The van der Waals surface area contributed by atoms with Crippen LogP contribution in [0.15, 0.2) is 77.8 Å². The predicted molar refractivity (Wildman–Crippen MR) is 112 cm³/mol. The van der Waals surface area contributed by atoms with Crippen molar-refractivity contribution in [1.29, 1.82) is 0 Å². The minimum absolute atomic E-state index is 0.205. The number of halogens is 1. The van der Waals surface area contributed by atoms with Crippen LogP contribution < -0.4 is 5.73 Å². The van der Waals surface area contributed by atoms with E-state index in [0.717, 1.165) is 0 Å². The smallest absolute Gasteiger partial charge is 0.182 e. The summed E-state index contributed by atoms with van der Waals surface area (Å²) in [6.07, 6.45) is 4.76. The molecule has 5 rings (SSSR count). The molecule has 0 spiro atoms. The molecule has 4 aromatic heterocycles. The van der Waals surface area contributed by atoms with Gasteiger partial charge in [0, 0.05) is 24.0 Å². The van der Waals surface area contributed by atoms with Crippen LogP contribution in [0.25, 0.3) is 34.2 Å². The number of nitrogens with zero attached hydrogens (tertiary/aromatic N) is 6. The Morgan fingerprint density at radius 2 is 1.84 bits per heavy atom. The number of benzene rings is 1. The standard InChI is InChI=1S/C22H16FN7O/c23-16-6-2-1-5-14(16)13-30-20(18-8-10-31-29-18)11-19(28-30)22-26-12-15(21(24)27-22)17-7-3-4-9-25-17/h1-12H,13H2,(H2,24,26,27). The maximum atomic E-state index is 14.2. The van der Waals surface area contributed by atoms with Crippen molar-refractivity contribution < 1.29 is 8.91 Å². The lowest BCUT2D eigenvalue weighted by molar-refractivity contribution is 0.421. The molecule has 2 N–H and O–H groups in total. The van der Waals surface area contributed by atoms with E-state index in [0.29, 0.717) is 39.7 Å². The summed E-state index contributed by atoms with van der Waals surface area (Å²) >= 11 is 0. The minimum Gasteiger partial charge on any atom is -0.383 e. The van der Waals surface area contributed by atoms with E-state index in [9.17, 15) is 4.39 Å². The quantitative estimate of drug-likeness (QED) is 0.466. The van der Waals surface area contributed by atoms with E-state index in [2.05, 4.69) is 25.2 Å². The van der Waals surface area contributed by atoms with Crippen LogP contribution in [0, 0.1) is 5.82 Å². The Labute approximate surface area is 176 Å². The Balaban J connectivity index is 1.56. The summed E-state index contributed by atoms with van der Waals surface area (Å²) in [6, 6.07) is 15.5. The van der Waals surface area contributed by atoms with Gasteiger partial charge in [-0.15, -0.1) is 0 Å². The van der Waals surface area contributed by atoms with Crippen LogP contribution in [0.2, 0.25) is 0 Å². The zero-order valence-electron chi connectivity index (χ0n) is 16.2. The van der Waals surface area contributed by atoms with Crippen LogP contribution in [0.4, 0.5) is 10.2 Å². The maximum Gasteiger partial charge on any atom is 0.182 e. The van der Waals surface area contributed by atoms with E-state index in [-0.39, 0.29) is 18.2 Å². The lowest BCUT2D eigenvalue weighted by Crippen LogP contribution is -2.06. The molecule has 0 bridgehead atoms. The highest BCUT2D eigenvalue weighted by atomic mass is 19.1. The molecule has 0 aliphatic carbocycles. The summed E-state index contributed by atoms with van der Waals surface area (Å²) in [4.78, 5) is 13.1. The van der Waals surface area contributed by atoms with Gasteiger partial charge in [-0.2, -0.15) is 5.10 Å². The summed E-state index contributed by atoms with van der Waals surface area (Å²) in [6.45, 7) is 0.205. The number of hydrogen-bond acceptors (Lipinski definition) is 7. The van der Waals surface area contributed by atoms with E-state index < -0.39 is 0 Å². The van der Waals surface area contributed by atoms with Gasteiger partial charge < -0.3 is 10.3 Å². The molecular formula is C22H16FN7O. The van der Waals surface area contributed by atoms with E-state index in [1.165, 1.54) is 12.3 Å². The van der Waals surface area contributed by atoms with Crippen molar-refractivity contribution in [2.45, 2.75) is 6.54 Å². The maximum absolute atomic E-state index is 14.2. The van der Waals surface area contributed by atoms with Gasteiger partial charge in [0.25, 0.3) is 0 Å². The molecule has 1 aromatic carbocycles. The van der Waals surface area contributed by atoms with Crippen LogP contribution in [0.3, 0.4) is 0 Å². The van der Waals surface area contributed by atoms with E-state index in [4.69, 9.17) is 10.3 Å². The van der Waals surface area contributed by atoms with Gasteiger partial charge in [-0.3, -0.25) is 9.67 Å². The zero-order valence-corrected chi connectivity index (χ0v) is 16.2. The summed E-state index contributed by atoms with van der Waals surface area (Å²) in [7, 11) is 0. The van der Waals surface area contributed by atoms with Crippen molar-refractivity contribution >= 4 is 5.82 Å². The zero-order chi connectivity index (χ0) is 21.2. The monoisotopic (exact) mass is 413 g/mol. The number of anilines is 1. The molecule has 5 aromatic rings. The third-order valence-corrected chi connectivity index (χ3v) is 4.75. The normalized spacial score (nSPS) is 11.0. The van der Waals surface area contributed by atoms with E-state index in [1.54, 1.807) is 47.4 Å². The van der Waals surface area contributed by atoms with Gasteiger partial charge in [0.05, 0.1) is 23.5 Å². The van der Waals surface area contributed by atoms with Crippen LogP contribution >= 0.6 is 0 Å². The van der Waals surface area contributed by atoms with Gasteiger partial charge in [-0.25, -0.2) is 14.4 Å². The highest BCUT2D eigenvalue weighted by Gasteiger charge is 2.18. The molecule has 0 aliphatic heterocycles. The molecule has 0 fully saturated rings. The molecule has 9 heteroatoms. The van der Waals surface area contributed by atoms with Crippen molar-refractivity contribution in [1.82, 2.24) is 29.9 Å². The second-order valence-electron chi connectivity index (χ2n) is 6.76. The van der Waals surface area contributed by atoms with Gasteiger partial charge in [0.1, 0.15) is 29.3 Å². The predicted octanol–water partition coefficient (Wildman–Crippen LogP) is 3.83. The number of pyridine rings is 1. The molecule has 0 saturated carbocycles. The SMILES string of the molecule is Nc1nc(-c2cc(-c3ccon3)n(Cc3ccccc3F)n2)ncc1-c1ccccn1. The van der Waals surface area contributed by atoms with Crippen LogP contribution in [0.1, 0.15) is 5.56 Å². The number of aromatic nitrogens is 6. The third kappa shape index (κ3) is 3.64. The fourth-order valence-corrected chi connectivity index (χ4v) is 3.22. The number of hydrogen-bond donors (Lipinski definition) is 1. The molecule has 0 saturated heterocycles. The summed E-state index contributed by atoms with van der Waals surface area (Å²) in [5.74, 6) is 0.315. The molecular weight excluding hydrogens is 397 g/mol. The Morgan fingerprint density at radius 1 is 0.968 bits per heavy atom. The number of nitrogens with two attached hydrogens (primary N) is 1. The van der Waals surface area contributed by atoms with Crippen molar-refractivity contribution in [3.63, 3.8) is 0 Å². The molecule has 0 radical (unpaired) electrons. The third-order valence-electron chi connectivity index (χ3n) is 4.75. The largest absolute Gasteiger partial charge is 0.383 e. The topological polar surface area (TPSA) is 109 Å². The first-order valence-corrected chi connectivity index (χ1v) is 9.45. The second kappa shape index (κ2) is 7.79. The molecule has 8 nitrogen and oxygen atoms in total. The Morgan fingerprint density at radius 3 is 2.58 bits per heavy atom. The van der Waals surface area contributed by atoms with Crippen molar-refractivity contribution in [2.75, 3.05) is 5.73 Å². The Bertz CT molecular complexity index is 1330. The molecule has 0 atom stereocenters. The lowest BCUT2D eigenvalue weighted by atomic mass is 10.2. The number of rotatable bonds is 5. The van der Waals surface area contributed by atoms with E-state index in [1.807, 2.05) is 18.2 Å². The average molecular weight is 413 g/mol. The van der Waals surface area contributed by atoms with Gasteiger partial charge in [0.2, 0.25) is 0 Å². The Hall–Kier alpha value is -4.40. The Kier molecular flexibility index (Phi) is 4.68. The summed E-state index contributed by atoms with van der Waals surface area (Å²) < 4.78 is 20.8. The fraction of sp³-hybridized carbons (Fsp3) is 0.0455. The van der Waals surface area contributed by atoms with Crippen LogP contribution in [0.5, 0.6) is 0 Å². The first kappa shape index (κ1) is 18.6. The average Bonchev–Trinajstić information content (AvgIpc) is 3.46. The highest BCUT2D eigenvalue weighted by molar-refractivity contribution is 5.72. The molecule has 31 heavy (non-hydrogen) atoms. The van der Waals surface area contributed by atoms with Crippen LogP contribution in [-0.4, -0.2) is 29.9 Å². The van der Waals surface area contributed by atoms with E-state index >= 15 is 0 Å². The fourth-order valence-electron chi connectivity index (χ4n) is 3.22. The van der Waals surface area contributed by atoms with Crippen molar-refractivity contribution in [2.24, 2.45) is 0 Å². The van der Waals surface area contributed by atoms with Gasteiger partial charge in [-0.1, -0.05) is 29.4 Å².